The SMILES string of the molecule is CC(N)n1c(=O)sc2ccccc21. The van der Waals surface area contributed by atoms with E-state index in [1.807, 2.05) is 24.3 Å². The molecule has 1 aromatic carbocycles. The van der Waals surface area contributed by atoms with Gasteiger partial charge in [0.25, 0.3) is 0 Å². The zero-order chi connectivity index (χ0) is 9.42. The molecule has 0 aliphatic heterocycles. The monoisotopic (exact) mass is 194 g/mol. The third kappa shape index (κ3) is 1.28. The molecule has 1 unspecified atom stereocenters. The van der Waals surface area contributed by atoms with Crippen LogP contribution in [0.25, 0.3) is 10.2 Å². The predicted octanol–water partition coefficient (Wildman–Crippen LogP) is 1.54. The summed E-state index contributed by atoms with van der Waals surface area (Å²) < 4.78 is 2.60. The Kier molecular flexibility index (Phi) is 1.94. The van der Waals surface area contributed by atoms with Crippen LogP contribution in [-0.2, 0) is 0 Å². The van der Waals surface area contributed by atoms with Gasteiger partial charge in [-0.1, -0.05) is 23.5 Å². The smallest absolute Gasteiger partial charge is 0.309 e. The number of hydrogen-bond donors (Lipinski definition) is 1. The second-order valence-electron chi connectivity index (χ2n) is 2.95. The minimum Gasteiger partial charge on any atom is -0.311 e. The van der Waals surface area contributed by atoms with Gasteiger partial charge >= 0.3 is 4.87 Å². The lowest BCUT2D eigenvalue weighted by molar-refractivity contribution is 0.581. The molecule has 0 saturated heterocycles. The maximum absolute atomic E-state index is 11.5. The molecule has 1 heterocycles. The fourth-order valence-electron chi connectivity index (χ4n) is 1.37. The number of nitrogens with two attached hydrogens (primary N) is 1. The fourth-order valence-corrected chi connectivity index (χ4v) is 2.34. The number of hydrogen-bond acceptors (Lipinski definition) is 3. The van der Waals surface area contributed by atoms with E-state index in [1.54, 1.807) is 11.5 Å². The first kappa shape index (κ1) is 8.47. The number of fused-ring (bicyclic) bond motifs is 1. The van der Waals surface area contributed by atoms with Crippen molar-refractivity contribution in [3.05, 3.63) is 33.9 Å². The van der Waals surface area contributed by atoms with Crippen LogP contribution in [0.1, 0.15) is 13.1 Å². The van der Waals surface area contributed by atoms with Crippen LogP contribution in [0.15, 0.2) is 29.1 Å². The van der Waals surface area contributed by atoms with Crippen molar-refractivity contribution in [3.8, 4) is 0 Å². The van der Waals surface area contributed by atoms with Gasteiger partial charge in [0.2, 0.25) is 0 Å². The Hall–Kier alpha value is -1.13. The quantitative estimate of drug-likeness (QED) is 0.748. The second kappa shape index (κ2) is 2.97. The van der Waals surface area contributed by atoms with Crippen LogP contribution in [-0.4, -0.2) is 4.57 Å². The van der Waals surface area contributed by atoms with E-state index in [-0.39, 0.29) is 11.0 Å². The number of rotatable bonds is 1. The molecule has 0 aliphatic rings. The van der Waals surface area contributed by atoms with Crippen LogP contribution in [0, 0.1) is 0 Å². The molecule has 13 heavy (non-hydrogen) atoms. The summed E-state index contributed by atoms with van der Waals surface area (Å²) in [4.78, 5) is 11.5. The number of aromatic nitrogens is 1. The van der Waals surface area contributed by atoms with E-state index >= 15 is 0 Å². The Balaban J connectivity index is 2.87. The standard InChI is InChI=1S/C9H10N2OS/c1-6(10)11-7-4-2-3-5-8(7)13-9(11)12/h2-6H,10H2,1H3. The van der Waals surface area contributed by atoms with Crippen LogP contribution >= 0.6 is 11.3 Å². The van der Waals surface area contributed by atoms with Crippen molar-refractivity contribution in [1.82, 2.24) is 4.57 Å². The molecule has 2 aromatic rings. The molecule has 0 spiro atoms. The van der Waals surface area contributed by atoms with E-state index < -0.39 is 0 Å². The lowest BCUT2D eigenvalue weighted by Crippen LogP contribution is -2.23. The molecule has 0 saturated carbocycles. The van der Waals surface area contributed by atoms with Crippen molar-refractivity contribution in [2.45, 2.75) is 13.1 Å². The summed E-state index contributed by atoms with van der Waals surface area (Å²) in [5.74, 6) is 0. The molecular formula is C9H10N2OS. The molecular weight excluding hydrogens is 184 g/mol. The van der Waals surface area contributed by atoms with Gasteiger partial charge in [0.15, 0.2) is 0 Å². The van der Waals surface area contributed by atoms with Crippen molar-refractivity contribution in [1.29, 1.82) is 0 Å². The molecule has 0 bridgehead atoms. The largest absolute Gasteiger partial charge is 0.311 e. The van der Waals surface area contributed by atoms with Crippen molar-refractivity contribution < 1.29 is 0 Å². The van der Waals surface area contributed by atoms with Gasteiger partial charge in [-0.05, 0) is 19.1 Å². The van der Waals surface area contributed by atoms with Gasteiger partial charge < -0.3 is 5.73 Å². The third-order valence-electron chi connectivity index (χ3n) is 1.93. The van der Waals surface area contributed by atoms with Crippen LogP contribution in [0.4, 0.5) is 0 Å². The number of nitrogens with zero attached hydrogens (tertiary/aromatic N) is 1. The summed E-state index contributed by atoms with van der Waals surface area (Å²) in [7, 11) is 0. The molecule has 4 heteroatoms. The highest BCUT2D eigenvalue weighted by molar-refractivity contribution is 7.16. The third-order valence-corrected chi connectivity index (χ3v) is 2.86. The lowest BCUT2D eigenvalue weighted by Gasteiger charge is -2.06. The second-order valence-corrected chi connectivity index (χ2v) is 3.94. The predicted molar refractivity (Wildman–Crippen MR) is 55.0 cm³/mol. The molecule has 0 aliphatic carbocycles. The molecule has 1 aromatic heterocycles. The summed E-state index contributed by atoms with van der Waals surface area (Å²) in [5, 5.41) is 0. The Morgan fingerprint density at radius 2 is 2.15 bits per heavy atom. The number of thiazole rings is 1. The first-order valence-corrected chi connectivity index (χ1v) is 4.87. The van der Waals surface area contributed by atoms with Gasteiger partial charge in [-0.2, -0.15) is 0 Å². The van der Waals surface area contributed by atoms with Gasteiger partial charge in [-0.25, -0.2) is 0 Å². The van der Waals surface area contributed by atoms with E-state index in [0.29, 0.717) is 0 Å². The van der Waals surface area contributed by atoms with Gasteiger partial charge in [-0.3, -0.25) is 9.36 Å². The van der Waals surface area contributed by atoms with Crippen molar-refractivity contribution in [2.24, 2.45) is 5.73 Å². The molecule has 68 valence electrons. The maximum Gasteiger partial charge on any atom is 0.309 e. The Labute approximate surface area is 79.4 Å². The normalized spacial score (nSPS) is 13.4. The number of para-hydroxylation sites is 1. The molecule has 2 N–H and O–H groups in total. The van der Waals surface area contributed by atoms with E-state index in [4.69, 9.17) is 5.73 Å². The summed E-state index contributed by atoms with van der Waals surface area (Å²) in [6.45, 7) is 1.81. The Morgan fingerprint density at radius 3 is 2.85 bits per heavy atom. The molecule has 1 atom stereocenters. The van der Waals surface area contributed by atoms with E-state index in [9.17, 15) is 4.79 Å². The molecule has 3 nitrogen and oxygen atoms in total. The van der Waals surface area contributed by atoms with E-state index in [1.165, 1.54) is 11.3 Å². The zero-order valence-electron chi connectivity index (χ0n) is 7.23. The highest BCUT2D eigenvalue weighted by atomic mass is 32.1. The van der Waals surface area contributed by atoms with E-state index in [0.717, 1.165) is 10.2 Å². The minimum atomic E-state index is -0.261. The van der Waals surface area contributed by atoms with Crippen LogP contribution < -0.4 is 10.6 Å². The average molecular weight is 194 g/mol. The van der Waals surface area contributed by atoms with Gasteiger partial charge in [0.05, 0.1) is 16.4 Å². The Bertz CT molecular complexity index is 484. The minimum absolute atomic E-state index is 0.0104. The first-order valence-electron chi connectivity index (χ1n) is 4.06. The molecule has 0 fully saturated rings. The summed E-state index contributed by atoms with van der Waals surface area (Å²) >= 11 is 1.23. The molecule has 0 radical (unpaired) electrons. The lowest BCUT2D eigenvalue weighted by atomic mass is 10.3. The topological polar surface area (TPSA) is 48.0 Å². The van der Waals surface area contributed by atoms with Crippen molar-refractivity contribution in [2.75, 3.05) is 0 Å². The summed E-state index contributed by atoms with van der Waals surface area (Å²) in [5.41, 5.74) is 6.62. The van der Waals surface area contributed by atoms with Crippen LogP contribution in [0.3, 0.4) is 0 Å². The average Bonchev–Trinajstić information content (AvgIpc) is 2.39. The highest BCUT2D eigenvalue weighted by Crippen LogP contribution is 2.17. The fraction of sp³-hybridized carbons (Fsp3) is 0.222. The van der Waals surface area contributed by atoms with Gasteiger partial charge in [0, 0.05) is 0 Å². The van der Waals surface area contributed by atoms with Crippen LogP contribution in [0.5, 0.6) is 0 Å². The number of benzene rings is 1. The summed E-state index contributed by atoms with van der Waals surface area (Å²) in [6, 6.07) is 7.67. The van der Waals surface area contributed by atoms with Gasteiger partial charge in [0.1, 0.15) is 0 Å². The van der Waals surface area contributed by atoms with Crippen molar-refractivity contribution in [3.63, 3.8) is 0 Å². The maximum atomic E-state index is 11.5. The first-order chi connectivity index (χ1) is 6.20. The molecule has 0 amide bonds. The molecule has 2 rings (SSSR count). The zero-order valence-corrected chi connectivity index (χ0v) is 8.04. The van der Waals surface area contributed by atoms with E-state index in [2.05, 4.69) is 0 Å². The van der Waals surface area contributed by atoms with Crippen molar-refractivity contribution >= 4 is 21.6 Å². The van der Waals surface area contributed by atoms with Gasteiger partial charge in [-0.15, -0.1) is 0 Å². The highest BCUT2D eigenvalue weighted by Gasteiger charge is 2.08. The Morgan fingerprint density at radius 1 is 1.46 bits per heavy atom. The summed E-state index contributed by atoms with van der Waals surface area (Å²) in [6.07, 6.45) is -0.261. The van der Waals surface area contributed by atoms with Crippen LogP contribution in [0.2, 0.25) is 0 Å².